The molecule has 2 aromatic heterocycles. The van der Waals surface area contributed by atoms with Crippen molar-refractivity contribution in [3.05, 3.63) is 65.2 Å². The molecule has 0 spiro atoms. The van der Waals surface area contributed by atoms with Gasteiger partial charge in [-0.25, -0.2) is 8.42 Å². The molecular formula is C27H35N5O5S. The maximum absolute atomic E-state index is 13.5. The van der Waals surface area contributed by atoms with Crippen LogP contribution in [0.4, 0.5) is 0 Å². The fourth-order valence-electron chi connectivity index (χ4n) is 4.64. The molecule has 0 N–H and O–H groups in total. The Hall–Kier alpha value is -3.31. The van der Waals surface area contributed by atoms with Crippen molar-refractivity contribution in [2.75, 3.05) is 13.2 Å². The number of esters is 1. The van der Waals surface area contributed by atoms with Crippen molar-refractivity contribution in [1.29, 1.82) is 0 Å². The van der Waals surface area contributed by atoms with E-state index in [9.17, 15) is 13.2 Å². The Morgan fingerprint density at radius 2 is 2.08 bits per heavy atom. The molecule has 0 aliphatic carbocycles. The molecule has 3 heterocycles. The zero-order valence-electron chi connectivity index (χ0n) is 22.3. The lowest BCUT2D eigenvalue weighted by Crippen LogP contribution is -2.35. The minimum Gasteiger partial charge on any atom is -0.486 e. The number of hydrogen-bond donors (Lipinski definition) is 0. The first-order valence-electron chi connectivity index (χ1n) is 13.0. The lowest BCUT2D eigenvalue weighted by atomic mass is 9.88. The van der Waals surface area contributed by atoms with Gasteiger partial charge in [0.1, 0.15) is 11.0 Å². The fraction of sp³-hybridized carbons (Fsp3) is 0.481. The Labute approximate surface area is 224 Å². The van der Waals surface area contributed by atoms with E-state index in [-0.39, 0.29) is 48.1 Å². The average molecular weight is 542 g/mol. The molecule has 11 heteroatoms. The number of ether oxygens (including phenoxy) is 2. The van der Waals surface area contributed by atoms with E-state index in [1.807, 2.05) is 45.2 Å². The van der Waals surface area contributed by atoms with Crippen molar-refractivity contribution in [3.8, 4) is 5.75 Å². The summed E-state index contributed by atoms with van der Waals surface area (Å²) >= 11 is 0. The van der Waals surface area contributed by atoms with Crippen molar-refractivity contribution in [2.24, 2.45) is 0 Å². The lowest BCUT2D eigenvalue weighted by Gasteiger charge is -2.24. The topological polar surface area (TPSA) is 117 Å². The number of hydrogen-bond acceptors (Lipinski definition) is 8. The second-order valence-electron chi connectivity index (χ2n) is 9.54. The first-order valence-corrected chi connectivity index (χ1v) is 14.4. The Kier molecular flexibility index (Phi) is 8.78. The minimum absolute atomic E-state index is 0.116. The van der Waals surface area contributed by atoms with E-state index < -0.39 is 10.0 Å². The Balaban J connectivity index is 1.61. The van der Waals surface area contributed by atoms with Crippen LogP contribution in [0.3, 0.4) is 0 Å². The predicted octanol–water partition coefficient (Wildman–Crippen LogP) is 3.64. The van der Waals surface area contributed by atoms with Crippen LogP contribution in [0.5, 0.6) is 5.75 Å². The third kappa shape index (κ3) is 6.39. The van der Waals surface area contributed by atoms with Crippen molar-refractivity contribution >= 4 is 16.0 Å². The van der Waals surface area contributed by atoms with Gasteiger partial charge < -0.3 is 9.47 Å². The van der Waals surface area contributed by atoms with Gasteiger partial charge in [0.25, 0.3) is 0 Å². The summed E-state index contributed by atoms with van der Waals surface area (Å²) in [6.45, 7) is 9.06. The molecule has 38 heavy (non-hydrogen) atoms. The van der Waals surface area contributed by atoms with Gasteiger partial charge in [0.2, 0.25) is 10.0 Å². The number of benzene rings is 1. The molecular weight excluding hydrogens is 506 g/mol. The molecule has 0 saturated carbocycles. The predicted molar refractivity (Wildman–Crippen MR) is 141 cm³/mol. The average Bonchev–Trinajstić information content (AvgIpc) is 3.32. The van der Waals surface area contributed by atoms with E-state index in [4.69, 9.17) is 9.47 Å². The van der Waals surface area contributed by atoms with E-state index in [2.05, 4.69) is 15.3 Å². The molecule has 3 aromatic rings. The molecule has 0 fully saturated rings. The molecule has 4 rings (SSSR count). The number of nitrogens with zero attached hydrogens (tertiary/aromatic N) is 5. The van der Waals surface area contributed by atoms with Crippen molar-refractivity contribution < 1.29 is 22.7 Å². The molecule has 204 valence electrons. The summed E-state index contributed by atoms with van der Waals surface area (Å²) in [6, 6.07) is 7.48. The highest BCUT2D eigenvalue weighted by Gasteiger charge is 2.34. The van der Waals surface area contributed by atoms with Crippen LogP contribution < -0.4 is 4.74 Å². The number of aryl methyl sites for hydroxylation is 3. The zero-order chi connectivity index (χ0) is 27.3. The Morgan fingerprint density at radius 1 is 1.26 bits per heavy atom. The van der Waals surface area contributed by atoms with E-state index in [1.54, 1.807) is 11.6 Å². The summed E-state index contributed by atoms with van der Waals surface area (Å²) in [5.74, 6) is -0.111. The third-order valence-corrected chi connectivity index (χ3v) is 8.57. The van der Waals surface area contributed by atoms with Crippen LogP contribution in [0.1, 0.15) is 61.9 Å². The highest BCUT2D eigenvalue weighted by molar-refractivity contribution is 7.89. The van der Waals surface area contributed by atoms with Crippen LogP contribution in [0, 0.1) is 6.92 Å². The second kappa shape index (κ2) is 12.0. The molecule has 0 radical (unpaired) electrons. The Bertz CT molecular complexity index is 1370. The highest BCUT2D eigenvalue weighted by atomic mass is 32.2. The van der Waals surface area contributed by atoms with Crippen molar-refractivity contribution in [2.45, 2.75) is 77.0 Å². The van der Waals surface area contributed by atoms with E-state index in [1.165, 1.54) is 22.8 Å². The molecule has 1 aliphatic heterocycles. The first-order chi connectivity index (χ1) is 18.2. The number of rotatable bonds is 10. The monoisotopic (exact) mass is 541 g/mol. The highest BCUT2D eigenvalue weighted by Crippen LogP contribution is 2.33. The maximum Gasteiger partial charge on any atom is 0.306 e. The summed E-state index contributed by atoms with van der Waals surface area (Å²) in [5.41, 5.74) is 3.67. The van der Waals surface area contributed by atoms with Crippen molar-refractivity contribution in [3.63, 3.8) is 0 Å². The lowest BCUT2D eigenvalue weighted by molar-refractivity contribution is -0.143. The molecule has 0 amide bonds. The standard InChI is InChI=1S/C27H35N5O5S/c1-5-31-18-24(29-30-31)10-9-22(14-27(33)36-6-2)21-8-7-19(3)23(13-21)17-32-16-20(4)37-25-15-28-12-11-26(25)38(32,34)35/h7-8,11-13,15,18,20,22H,5-6,9-10,14,16-17H2,1-4H3/t20-,22?/m1/s1. The summed E-state index contributed by atoms with van der Waals surface area (Å²) in [4.78, 5) is 16.6. The molecule has 1 aliphatic rings. The second-order valence-corrected chi connectivity index (χ2v) is 11.5. The van der Waals surface area contributed by atoms with Gasteiger partial charge in [-0.05, 0) is 69.2 Å². The van der Waals surface area contributed by atoms with E-state index in [0.29, 0.717) is 19.4 Å². The normalized spacial score (nSPS) is 17.7. The SMILES string of the molecule is CCOC(=O)CC(CCc1cn(CC)nn1)c1ccc(C)c(CN2C[C@@H](C)Oc3cnccc3S2(=O)=O)c1. The van der Waals surface area contributed by atoms with Crippen LogP contribution in [-0.4, -0.2) is 57.9 Å². The molecule has 0 bridgehead atoms. The molecule has 1 aromatic carbocycles. The van der Waals surface area contributed by atoms with Crippen LogP contribution in [0.25, 0.3) is 0 Å². The Morgan fingerprint density at radius 3 is 2.82 bits per heavy atom. The summed E-state index contributed by atoms with van der Waals surface area (Å²) in [5, 5.41) is 8.34. The number of pyridine rings is 1. The largest absolute Gasteiger partial charge is 0.486 e. The zero-order valence-corrected chi connectivity index (χ0v) is 23.1. The van der Waals surface area contributed by atoms with Crippen LogP contribution in [0.2, 0.25) is 0 Å². The van der Waals surface area contributed by atoms with Gasteiger partial charge in [0.05, 0.1) is 31.5 Å². The minimum atomic E-state index is -3.80. The number of carbonyl (C=O) groups is 1. The first kappa shape index (κ1) is 27.7. The third-order valence-electron chi connectivity index (χ3n) is 6.72. The van der Waals surface area contributed by atoms with Gasteiger partial charge in [-0.2, -0.15) is 4.31 Å². The van der Waals surface area contributed by atoms with Gasteiger partial charge >= 0.3 is 5.97 Å². The molecule has 1 unspecified atom stereocenters. The molecule has 2 atom stereocenters. The van der Waals surface area contributed by atoms with E-state index in [0.717, 1.165) is 28.9 Å². The van der Waals surface area contributed by atoms with Crippen LogP contribution >= 0.6 is 0 Å². The summed E-state index contributed by atoms with van der Waals surface area (Å²) in [6.07, 6.45) is 6.04. The summed E-state index contributed by atoms with van der Waals surface area (Å²) in [7, 11) is -3.80. The molecule has 10 nitrogen and oxygen atoms in total. The fourth-order valence-corrected chi connectivity index (χ4v) is 6.22. The number of aromatic nitrogens is 4. The number of carbonyl (C=O) groups excluding carboxylic acids is 1. The number of fused-ring (bicyclic) bond motifs is 1. The number of sulfonamides is 1. The van der Waals surface area contributed by atoms with Gasteiger partial charge in [-0.1, -0.05) is 23.4 Å². The van der Waals surface area contributed by atoms with Crippen LogP contribution in [-0.2, 0) is 39.1 Å². The van der Waals surface area contributed by atoms with Gasteiger partial charge in [0.15, 0.2) is 5.75 Å². The smallest absolute Gasteiger partial charge is 0.306 e. The molecule has 0 saturated heterocycles. The quantitative estimate of drug-likeness (QED) is 0.357. The maximum atomic E-state index is 13.5. The van der Waals surface area contributed by atoms with Gasteiger partial charge in [0, 0.05) is 25.5 Å². The summed E-state index contributed by atoms with van der Waals surface area (Å²) < 4.78 is 41.4. The van der Waals surface area contributed by atoms with E-state index >= 15 is 0 Å². The van der Waals surface area contributed by atoms with Gasteiger partial charge in [-0.15, -0.1) is 5.10 Å². The van der Waals surface area contributed by atoms with Crippen LogP contribution in [0.15, 0.2) is 47.8 Å². The van der Waals surface area contributed by atoms with Crippen molar-refractivity contribution in [1.82, 2.24) is 24.3 Å². The van der Waals surface area contributed by atoms with Gasteiger partial charge in [-0.3, -0.25) is 14.5 Å².